The molecule has 0 aliphatic rings. The zero-order valence-corrected chi connectivity index (χ0v) is 53.6. The molecule has 0 bridgehead atoms. The van der Waals surface area contributed by atoms with Crippen molar-refractivity contribution in [2.45, 2.75) is 120 Å². The topological polar surface area (TPSA) is 260 Å². The highest BCUT2D eigenvalue weighted by Gasteiger charge is 2.13. The second-order valence-corrected chi connectivity index (χ2v) is 22.9. The summed E-state index contributed by atoms with van der Waals surface area (Å²) in [6, 6.07) is 30.9. The average molecular weight is 1310 g/mol. The fourth-order valence-corrected chi connectivity index (χ4v) is 8.58. The summed E-state index contributed by atoms with van der Waals surface area (Å²) >= 11 is 10.5. The van der Waals surface area contributed by atoms with E-state index < -0.39 is 0 Å². The van der Waals surface area contributed by atoms with Gasteiger partial charge in [-0.15, -0.1) is 0 Å². The molecule has 10 N–H and O–H groups in total. The van der Waals surface area contributed by atoms with Crippen LogP contribution in [0.3, 0.4) is 0 Å². The summed E-state index contributed by atoms with van der Waals surface area (Å²) in [5.74, 6) is 6.04. The molecular weight excluding hydrogens is 1230 g/mol. The Bertz CT molecular complexity index is 2400. The van der Waals surface area contributed by atoms with E-state index in [1.165, 1.54) is 33.4 Å². The van der Waals surface area contributed by atoms with Crippen molar-refractivity contribution >= 4 is 108 Å². The van der Waals surface area contributed by atoms with E-state index in [4.69, 9.17) is 39.6 Å². The zero-order valence-electron chi connectivity index (χ0n) is 48.8. The molecule has 444 valence electrons. The molecule has 0 aliphatic heterocycles. The maximum absolute atomic E-state index is 8.36. The molecule has 0 fully saturated rings. The molecule has 3 aromatic carbocycles. The first-order valence-electron chi connectivity index (χ1n) is 26.5. The monoisotopic (exact) mass is 1310 g/mol. The molecule has 3 heterocycles. The number of anilines is 6. The number of benzene rings is 3. The van der Waals surface area contributed by atoms with Gasteiger partial charge in [-0.3, -0.25) is 19.2 Å². The Morgan fingerprint density at radius 1 is 0.395 bits per heavy atom. The van der Waals surface area contributed by atoms with E-state index in [0.717, 1.165) is 87.2 Å². The van der Waals surface area contributed by atoms with Gasteiger partial charge < -0.3 is 52.3 Å². The quantitative estimate of drug-likeness (QED) is 0.0300. The molecule has 0 amide bonds. The highest BCUT2D eigenvalue weighted by Crippen LogP contribution is 2.28. The van der Waals surface area contributed by atoms with Crippen molar-refractivity contribution in [3.05, 3.63) is 156 Å². The van der Waals surface area contributed by atoms with Crippen LogP contribution in [0.1, 0.15) is 134 Å². The van der Waals surface area contributed by atoms with Gasteiger partial charge in [0.05, 0.1) is 0 Å². The van der Waals surface area contributed by atoms with Crippen LogP contribution in [-0.4, -0.2) is 80.9 Å². The third kappa shape index (κ3) is 34.6. The summed E-state index contributed by atoms with van der Waals surface area (Å²) in [5, 5.41) is 48.2. The molecule has 0 saturated heterocycles. The van der Waals surface area contributed by atoms with Gasteiger partial charge in [-0.2, -0.15) is 0 Å². The van der Waals surface area contributed by atoms with Crippen LogP contribution in [0.25, 0.3) is 0 Å². The normalized spacial score (nSPS) is 10.2. The van der Waals surface area contributed by atoms with Crippen LogP contribution in [0.4, 0.5) is 34.5 Å². The smallest absolute Gasteiger partial charge is 0.290 e. The molecule has 0 aliphatic carbocycles. The van der Waals surface area contributed by atoms with Crippen LogP contribution < -0.4 is 31.9 Å². The second-order valence-electron chi connectivity index (χ2n) is 20.2. The Balaban J connectivity index is 0.00000108. The number of pyridine rings is 3. The Morgan fingerprint density at radius 2 is 0.617 bits per heavy atom. The number of carboxylic acid groups (broad SMARTS) is 4. The van der Waals surface area contributed by atoms with Crippen molar-refractivity contribution in [1.82, 2.24) is 30.9 Å². The number of carbonyl (C=O) groups is 4. The summed E-state index contributed by atoms with van der Waals surface area (Å²) in [7, 11) is 0. The lowest BCUT2D eigenvalue weighted by atomic mass is 9.98. The first kappa shape index (κ1) is 74.7. The number of aromatic nitrogens is 3. The lowest BCUT2D eigenvalue weighted by Gasteiger charge is -2.16. The maximum atomic E-state index is 8.36. The molecule has 6 rings (SSSR count). The Hall–Kier alpha value is -6.29. The number of nitrogens with one attached hydrogen (secondary N) is 6. The number of nitrogens with zero attached hydrogens (tertiary/aromatic N) is 3. The third-order valence-corrected chi connectivity index (χ3v) is 12.3. The molecule has 81 heavy (non-hydrogen) atoms. The van der Waals surface area contributed by atoms with Gasteiger partial charge in [-0.05, 0) is 161 Å². The summed E-state index contributed by atoms with van der Waals surface area (Å²) in [6.45, 7) is 31.4. The van der Waals surface area contributed by atoms with Crippen molar-refractivity contribution in [3.63, 3.8) is 0 Å². The number of hydrogen-bond donors (Lipinski definition) is 10. The largest absolute Gasteiger partial charge is 0.483 e. The van der Waals surface area contributed by atoms with Crippen LogP contribution in [0.5, 0.6) is 0 Å². The van der Waals surface area contributed by atoms with Gasteiger partial charge in [0.25, 0.3) is 25.9 Å². The molecule has 0 unspecified atom stereocenters. The van der Waals surface area contributed by atoms with Gasteiger partial charge in [-0.1, -0.05) is 149 Å². The molecular formula is C61H86Br3N9O8. The minimum Gasteiger partial charge on any atom is -0.483 e. The van der Waals surface area contributed by atoms with E-state index in [1.807, 2.05) is 73.2 Å². The van der Waals surface area contributed by atoms with Crippen molar-refractivity contribution in [2.75, 3.05) is 35.6 Å². The number of rotatable bonds is 21. The van der Waals surface area contributed by atoms with Gasteiger partial charge in [0, 0.05) is 68.7 Å². The molecule has 20 heteroatoms. The second kappa shape index (κ2) is 44.4. The zero-order chi connectivity index (χ0) is 61.3. The number of hydrogen-bond acceptors (Lipinski definition) is 13. The summed E-state index contributed by atoms with van der Waals surface area (Å²) < 4.78 is 3.17. The van der Waals surface area contributed by atoms with Crippen molar-refractivity contribution in [3.8, 4) is 0 Å². The van der Waals surface area contributed by atoms with Gasteiger partial charge in [-0.25, -0.2) is 15.0 Å². The van der Waals surface area contributed by atoms with Crippen LogP contribution in [-0.2, 0) is 38.8 Å². The fraction of sp³-hybridized carbons (Fsp3) is 0.393. The standard InChI is InChI=1S/3C19H26BrN3.4CH2O2/c3*1-13(2)10-21-11-15-12-22-19(9-18(15)14(3)4)23-17-7-5-6-16(20)8-17;4*2-1-3/h3*5-9,12-14,21H,10-11H2,1-4H3,(H,22,23);4*1H,(H,2,3). The van der Waals surface area contributed by atoms with Crippen LogP contribution in [0.15, 0.2) is 123 Å². The van der Waals surface area contributed by atoms with E-state index in [2.05, 4.69) is 214 Å². The Kier molecular flexibility index (Phi) is 40.9. The maximum Gasteiger partial charge on any atom is 0.290 e. The number of halogens is 3. The van der Waals surface area contributed by atoms with E-state index in [9.17, 15) is 0 Å². The van der Waals surface area contributed by atoms with Crippen LogP contribution in [0.2, 0.25) is 0 Å². The van der Waals surface area contributed by atoms with E-state index in [0.29, 0.717) is 35.5 Å². The fourth-order valence-electron chi connectivity index (χ4n) is 7.39. The van der Waals surface area contributed by atoms with Crippen molar-refractivity contribution in [1.29, 1.82) is 0 Å². The lowest BCUT2D eigenvalue weighted by molar-refractivity contribution is -0.123. The van der Waals surface area contributed by atoms with E-state index in [1.54, 1.807) is 0 Å². The summed E-state index contributed by atoms with van der Waals surface area (Å²) in [6.07, 6.45) is 5.97. The van der Waals surface area contributed by atoms with Gasteiger partial charge in [0.2, 0.25) is 0 Å². The SMILES string of the molecule is CC(C)CNCc1cnc(Nc2cccc(Br)c2)cc1C(C)C.CC(C)CNCc1cnc(Nc2cccc(Br)c2)cc1C(C)C.CC(C)CNCc1cnc(Nc2cccc(Br)c2)cc1C(C)C.O=CO.O=CO.O=CO.O=CO. The van der Waals surface area contributed by atoms with Crippen molar-refractivity contribution < 1.29 is 39.6 Å². The van der Waals surface area contributed by atoms with Gasteiger partial charge in [0.1, 0.15) is 17.5 Å². The summed E-state index contributed by atoms with van der Waals surface area (Å²) in [5.41, 5.74) is 11.0. The van der Waals surface area contributed by atoms with Crippen LogP contribution >= 0.6 is 47.8 Å². The van der Waals surface area contributed by atoms with E-state index >= 15 is 0 Å². The lowest BCUT2D eigenvalue weighted by Crippen LogP contribution is -2.20. The molecule has 17 nitrogen and oxygen atoms in total. The first-order valence-corrected chi connectivity index (χ1v) is 28.9. The van der Waals surface area contributed by atoms with E-state index in [-0.39, 0.29) is 25.9 Å². The minimum atomic E-state index is -0.250. The molecule has 0 saturated carbocycles. The third-order valence-electron chi connectivity index (χ3n) is 10.8. The first-order chi connectivity index (χ1) is 38.5. The van der Waals surface area contributed by atoms with Gasteiger partial charge in [0.15, 0.2) is 0 Å². The molecule has 0 atom stereocenters. The minimum absolute atomic E-state index is 0.250. The Morgan fingerprint density at radius 3 is 0.802 bits per heavy atom. The molecule has 0 radical (unpaired) electrons. The highest BCUT2D eigenvalue weighted by molar-refractivity contribution is 9.11. The molecule has 0 spiro atoms. The highest BCUT2D eigenvalue weighted by atomic mass is 79.9. The predicted octanol–water partition coefficient (Wildman–Crippen LogP) is 15.2. The molecule has 3 aromatic heterocycles. The average Bonchev–Trinajstić information content (AvgIpc) is 3.38. The molecule has 6 aromatic rings. The van der Waals surface area contributed by atoms with Crippen molar-refractivity contribution in [2.24, 2.45) is 17.8 Å². The predicted molar refractivity (Wildman–Crippen MR) is 342 cm³/mol. The summed E-state index contributed by atoms with van der Waals surface area (Å²) in [4.78, 5) is 47.2. The Labute approximate surface area is 505 Å². The van der Waals surface area contributed by atoms with Crippen LogP contribution in [0, 0.1) is 17.8 Å². The van der Waals surface area contributed by atoms with Gasteiger partial charge >= 0.3 is 0 Å².